The van der Waals surface area contributed by atoms with Crippen molar-refractivity contribution in [2.45, 2.75) is 26.0 Å². The number of amides is 2. The Morgan fingerprint density at radius 3 is 2.56 bits per heavy atom. The second-order valence-electron chi connectivity index (χ2n) is 7.39. The van der Waals surface area contributed by atoms with Crippen LogP contribution in [0.25, 0.3) is 0 Å². The molecule has 32 heavy (non-hydrogen) atoms. The third-order valence-corrected chi connectivity index (χ3v) is 4.90. The molecule has 0 aliphatic rings. The van der Waals surface area contributed by atoms with Gasteiger partial charge in [-0.2, -0.15) is 0 Å². The Bertz CT molecular complexity index is 1030. The van der Waals surface area contributed by atoms with Crippen LogP contribution in [0.1, 0.15) is 27.2 Å². The summed E-state index contributed by atoms with van der Waals surface area (Å²) in [5.41, 5.74) is 2.76. The van der Waals surface area contributed by atoms with E-state index in [-0.39, 0.29) is 23.8 Å². The second kappa shape index (κ2) is 11.6. The minimum atomic E-state index is -0.890. The Labute approximate surface area is 187 Å². The zero-order valence-corrected chi connectivity index (χ0v) is 18.0. The van der Waals surface area contributed by atoms with Crippen LogP contribution >= 0.6 is 0 Å². The topological polar surface area (TPSA) is 101 Å². The molecular weight excluding hydrogens is 406 g/mol. The van der Waals surface area contributed by atoms with Crippen LogP contribution in [0, 0.1) is 6.92 Å². The standard InChI is InChI=1S/C25H27N3O4/c1-18-10-11-20(15-23(18)29)24(30)28-22(17-32-16-19-7-3-2-4-8-19)25(31)27-14-12-21-9-5-6-13-26-21/h2-11,13,15,22,29H,12,14,16-17H2,1H3,(H,27,31)(H,28,30)/t22-/m1/s1. The molecule has 0 saturated heterocycles. The van der Waals surface area contributed by atoms with E-state index in [4.69, 9.17) is 4.74 Å². The van der Waals surface area contributed by atoms with Crippen LogP contribution in [0.5, 0.6) is 5.75 Å². The van der Waals surface area contributed by atoms with Crippen LogP contribution < -0.4 is 10.6 Å². The maximum atomic E-state index is 12.8. The summed E-state index contributed by atoms with van der Waals surface area (Å²) in [6.45, 7) is 2.45. The van der Waals surface area contributed by atoms with Crippen LogP contribution in [-0.4, -0.2) is 41.1 Å². The number of aromatic hydroxyl groups is 1. The zero-order valence-electron chi connectivity index (χ0n) is 18.0. The van der Waals surface area contributed by atoms with Gasteiger partial charge in [-0.3, -0.25) is 14.6 Å². The van der Waals surface area contributed by atoms with Crippen molar-refractivity contribution < 1.29 is 19.4 Å². The zero-order chi connectivity index (χ0) is 22.8. The Kier molecular flexibility index (Phi) is 8.34. The summed E-state index contributed by atoms with van der Waals surface area (Å²) in [5.74, 6) is -0.790. The highest BCUT2D eigenvalue weighted by Crippen LogP contribution is 2.17. The van der Waals surface area contributed by atoms with Gasteiger partial charge in [-0.05, 0) is 42.3 Å². The Balaban J connectivity index is 1.61. The van der Waals surface area contributed by atoms with Gasteiger partial charge in [0, 0.05) is 30.4 Å². The smallest absolute Gasteiger partial charge is 0.252 e. The molecule has 7 nitrogen and oxygen atoms in total. The number of phenols is 1. The van der Waals surface area contributed by atoms with Gasteiger partial charge < -0.3 is 20.5 Å². The molecule has 1 heterocycles. The fourth-order valence-electron chi connectivity index (χ4n) is 3.03. The average Bonchev–Trinajstić information content (AvgIpc) is 2.81. The summed E-state index contributed by atoms with van der Waals surface area (Å²) in [5, 5.41) is 15.4. The number of rotatable bonds is 10. The highest BCUT2D eigenvalue weighted by molar-refractivity contribution is 5.98. The molecule has 0 radical (unpaired) electrons. The average molecular weight is 434 g/mol. The van der Waals surface area contributed by atoms with Gasteiger partial charge >= 0.3 is 0 Å². The first-order chi connectivity index (χ1) is 15.5. The van der Waals surface area contributed by atoms with Gasteiger partial charge in [-0.25, -0.2) is 0 Å². The molecule has 0 fully saturated rings. The van der Waals surface area contributed by atoms with Crippen molar-refractivity contribution in [3.8, 4) is 5.75 Å². The van der Waals surface area contributed by atoms with Gasteiger partial charge in [0.2, 0.25) is 5.91 Å². The van der Waals surface area contributed by atoms with E-state index in [1.54, 1.807) is 25.3 Å². The molecule has 3 aromatic rings. The number of nitrogens with zero attached hydrogens (tertiary/aromatic N) is 1. The van der Waals surface area contributed by atoms with Crippen molar-refractivity contribution in [3.63, 3.8) is 0 Å². The lowest BCUT2D eigenvalue weighted by Crippen LogP contribution is -2.49. The normalized spacial score (nSPS) is 11.5. The summed E-state index contributed by atoms with van der Waals surface area (Å²) < 4.78 is 5.71. The molecule has 1 atom stereocenters. The molecule has 0 bridgehead atoms. The number of aromatic nitrogens is 1. The van der Waals surface area contributed by atoms with Crippen molar-refractivity contribution >= 4 is 11.8 Å². The van der Waals surface area contributed by atoms with Crippen LogP contribution in [0.15, 0.2) is 72.9 Å². The molecule has 7 heteroatoms. The van der Waals surface area contributed by atoms with Gasteiger partial charge in [-0.1, -0.05) is 42.5 Å². The van der Waals surface area contributed by atoms with Crippen LogP contribution in [-0.2, 0) is 22.6 Å². The predicted molar refractivity (Wildman–Crippen MR) is 121 cm³/mol. The second-order valence-corrected chi connectivity index (χ2v) is 7.39. The van der Waals surface area contributed by atoms with E-state index in [0.29, 0.717) is 25.1 Å². The number of ether oxygens (including phenoxy) is 1. The molecule has 2 aromatic carbocycles. The van der Waals surface area contributed by atoms with Gasteiger partial charge in [-0.15, -0.1) is 0 Å². The molecule has 3 N–H and O–H groups in total. The maximum absolute atomic E-state index is 12.8. The largest absolute Gasteiger partial charge is 0.508 e. The molecule has 0 aliphatic carbocycles. The number of aryl methyl sites for hydroxylation is 1. The number of benzene rings is 2. The molecule has 3 rings (SSSR count). The van der Waals surface area contributed by atoms with E-state index in [9.17, 15) is 14.7 Å². The van der Waals surface area contributed by atoms with Crippen molar-refractivity contribution in [2.75, 3.05) is 13.2 Å². The molecular formula is C25H27N3O4. The third-order valence-electron chi connectivity index (χ3n) is 4.90. The van der Waals surface area contributed by atoms with Crippen molar-refractivity contribution in [3.05, 3.63) is 95.3 Å². The number of pyridine rings is 1. The van der Waals surface area contributed by atoms with Gasteiger partial charge in [0.05, 0.1) is 13.2 Å². The van der Waals surface area contributed by atoms with Crippen molar-refractivity contribution in [2.24, 2.45) is 0 Å². The van der Waals surface area contributed by atoms with E-state index >= 15 is 0 Å². The Hall–Kier alpha value is -3.71. The van der Waals surface area contributed by atoms with E-state index in [0.717, 1.165) is 11.3 Å². The first-order valence-electron chi connectivity index (χ1n) is 10.4. The monoisotopic (exact) mass is 433 g/mol. The SMILES string of the molecule is Cc1ccc(C(=O)N[C@H](COCc2ccccc2)C(=O)NCCc2ccccn2)cc1O. The van der Waals surface area contributed by atoms with Crippen LogP contribution in [0.2, 0.25) is 0 Å². The van der Waals surface area contributed by atoms with E-state index in [2.05, 4.69) is 15.6 Å². The van der Waals surface area contributed by atoms with Crippen LogP contribution in [0.3, 0.4) is 0 Å². The summed E-state index contributed by atoms with van der Waals surface area (Å²) in [6, 6.07) is 18.9. The van der Waals surface area contributed by atoms with Crippen LogP contribution in [0.4, 0.5) is 0 Å². The first-order valence-corrected chi connectivity index (χ1v) is 10.4. The lowest BCUT2D eigenvalue weighted by atomic mass is 10.1. The fraction of sp³-hybridized carbons (Fsp3) is 0.240. The summed E-state index contributed by atoms with van der Waals surface area (Å²) >= 11 is 0. The van der Waals surface area contributed by atoms with E-state index in [1.165, 1.54) is 6.07 Å². The van der Waals surface area contributed by atoms with Gasteiger partial charge in [0.25, 0.3) is 5.91 Å². The summed E-state index contributed by atoms with van der Waals surface area (Å²) in [4.78, 5) is 29.7. The van der Waals surface area contributed by atoms with E-state index < -0.39 is 11.9 Å². The maximum Gasteiger partial charge on any atom is 0.252 e. The molecule has 0 aliphatic heterocycles. The number of hydrogen-bond acceptors (Lipinski definition) is 5. The molecule has 0 unspecified atom stereocenters. The van der Waals surface area contributed by atoms with Gasteiger partial charge in [0.1, 0.15) is 11.8 Å². The van der Waals surface area contributed by atoms with Crippen molar-refractivity contribution in [1.29, 1.82) is 0 Å². The number of carbonyl (C=O) groups is 2. The number of phenolic OH excluding ortho intramolecular Hbond substituents is 1. The minimum absolute atomic E-state index is 0.00784. The van der Waals surface area contributed by atoms with Crippen molar-refractivity contribution in [1.82, 2.24) is 15.6 Å². The lowest BCUT2D eigenvalue weighted by Gasteiger charge is -2.19. The van der Waals surface area contributed by atoms with E-state index in [1.807, 2.05) is 48.5 Å². The Morgan fingerprint density at radius 1 is 1.06 bits per heavy atom. The quantitative estimate of drug-likeness (QED) is 0.457. The van der Waals surface area contributed by atoms with Gasteiger partial charge in [0.15, 0.2) is 0 Å². The fourth-order valence-corrected chi connectivity index (χ4v) is 3.03. The minimum Gasteiger partial charge on any atom is -0.508 e. The first kappa shape index (κ1) is 23.0. The number of nitrogens with one attached hydrogen (secondary N) is 2. The molecule has 1 aromatic heterocycles. The predicted octanol–water partition coefficient (Wildman–Crippen LogP) is 2.77. The summed E-state index contributed by atoms with van der Waals surface area (Å²) in [7, 11) is 0. The highest BCUT2D eigenvalue weighted by atomic mass is 16.5. The third kappa shape index (κ3) is 6.92. The molecule has 0 spiro atoms. The molecule has 2 amide bonds. The number of hydrogen-bond donors (Lipinski definition) is 3. The number of carbonyl (C=O) groups excluding carboxylic acids is 2. The molecule has 0 saturated carbocycles. The summed E-state index contributed by atoms with van der Waals surface area (Å²) in [6.07, 6.45) is 2.28. The lowest BCUT2D eigenvalue weighted by molar-refractivity contribution is -0.124. The highest BCUT2D eigenvalue weighted by Gasteiger charge is 2.22. The molecule has 166 valence electrons. The Morgan fingerprint density at radius 2 is 1.84 bits per heavy atom.